The number of rotatable bonds is 12. The summed E-state index contributed by atoms with van der Waals surface area (Å²) >= 11 is 0. The maximum absolute atomic E-state index is 12.9. The number of nitrogens with one attached hydrogen (secondary N) is 2. The number of amides is 3. The van der Waals surface area contributed by atoms with Gasteiger partial charge < -0.3 is 37.2 Å². The van der Waals surface area contributed by atoms with Gasteiger partial charge in [0.25, 0.3) is 0 Å². The fraction of sp³-hybridized carbons (Fsp3) is 0.722. The average Bonchev–Trinajstić information content (AvgIpc) is 3.16. The van der Waals surface area contributed by atoms with E-state index in [4.69, 9.17) is 21.7 Å². The van der Waals surface area contributed by atoms with Crippen molar-refractivity contribution in [2.75, 3.05) is 13.1 Å². The van der Waals surface area contributed by atoms with Crippen LogP contribution in [0, 0.1) is 0 Å². The second-order valence-electron chi connectivity index (χ2n) is 7.31. The zero-order valence-electron chi connectivity index (χ0n) is 17.0. The number of aliphatic carboxylic acids is 2. The molecular formula is C18H31N5O7. The molecule has 1 rings (SSSR count). The van der Waals surface area contributed by atoms with Gasteiger partial charge in [-0.15, -0.1) is 0 Å². The van der Waals surface area contributed by atoms with Gasteiger partial charge in [-0.25, -0.2) is 0 Å². The highest BCUT2D eigenvalue weighted by Crippen LogP contribution is 2.19. The van der Waals surface area contributed by atoms with Gasteiger partial charge in [-0.05, 0) is 39.2 Å². The summed E-state index contributed by atoms with van der Waals surface area (Å²) in [6.07, 6.45) is 1.74. The van der Waals surface area contributed by atoms with Crippen LogP contribution >= 0.6 is 0 Å². The zero-order valence-corrected chi connectivity index (χ0v) is 17.0. The molecule has 8 N–H and O–H groups in total. The van der Waals surface area contributed by atoms with Crippen LogP contribution in [-0.4, -0.2) is 82.0 Å². The van der Waals surface area contributed by atoms with Gasteiger partial charge in [0.1, 0.15) is 18.1 Å². The van der Waals surface area contributed by atoms with E-state index in [0.717, 1.165) is 0 Å². The summed E-state index contributed by atoms with van der Waals surface area (Å²) in [7, 11) is 0. The molecule has 0 aliphatic carbocycles. The van der Waals surface area contributed by atoms with Crippen molar-refractivity contribution >= 4 is 29.7 Å². The molecule has 0 aromatic carbocycles. The highest BCUT2D eigenvalue weighted by Gasteiger charge is 2.39. The lowest BCUT2D eigenvalue weighted by Gasteiger charge is -2.29. The van der Waals surface area contributed by atoms with Crippen molar-refractivity contribution in [2.24, 2.45) is 11.5 Å². The van der Waals surface area contributed by atoms with Gasteiger partial charge in [-0.2, -0.15) is 0 Å². The van der Waals surface area contributed by atoms with Gasteiger partial charge in [-0.1, -0.05) is 6.42 Å². The van der Waals surface area contributed by atoms with E-state index in [0.29, 0.717) is 38.6 Å². The molecule has 4 atom stereocenters. The van der Waals surface area contributed by atoms with Crippen LogP contribution in [0.25, 0.3) is 0 Å². The average molecular weight is 429 g/mol. The van der Waals surface area contributed by atoms with Crippen LogP contribution in [0.15, 0.2) is 0 Å². The lowest BCUT2D eigenvalue weighted by molar-refractivity contribution is -0.147. The molecule has 0 spiro atoms. The molecule has 12 heteroatoms. The summed E-state index contributed by atoms with van der Waals surface area (Å²) in [5, 5.41) is 22.8. The molecule has 1 saturated heterocycles. The Balaban J connectivity index is 2.85. The van der Waals surface area contributed by atoms with Crippen molar-refractivity contribution < 1.29 is 34.2 Å². The van der Waals surface area contributed by atoms with E-state index in [1.807, 2.05) is 0 Å². The van der Waals surface area contributed by atoms with Gasteiger partial charge in [0.05, 0.1) is 12.5 Å². The molecule has 0 bridgehead atoms. The molecular weight excluding hydrogens is 398 g/mol. The number of carboxylic acids is 2. The van der Waals surface area contributed by atoms with Crippen molar-refractivity contribution in [1.82, 2.24) is 15.5 Å². The summed E-state index contributed by atoms with van der Waals surface area (Å²) in [4.78, 5) is 61.0. The first kappa shape index (κ1) is 25.3. The van der Waals surface area contributed by atoms with Gasteiger partial charge >= 0.3 is 11.9 Å². The van der Waals surface area contributed by atoms with Crippen molar-refractivity contribution in [2.45, 2.75) is 69.6 Å². The first-order valence-corrected chi connectivity index (χ1v) is 9.90. The van der Waals surface area contributed by atoms with Gasteiger partial charge in [0.15, 0.2) is 0 Å². The van der Waals surface area contributed by atoms with E-state index >= 15 is 0 Å². The molecule has 12 nitrogen and oxygen atoms in total. The Bertz CT molecular complexity index is 657. The fourth-order valence-electron chi connectivity index (χ4n) is 3.17. The number of carbonyl (C=O) groups excluding carboxylic acids is 3. The summed E-state index contributed by atoms with van der Waals surface area (Å²) in [5.74, 6) is -4.55. The van der Waals surface area contributed by atoms with E-state index in [1.54, 1.807) is 0 Å². The molecule has 0 radical (unpaired) electrons. The predicted octanol–water partition coefficient (Wildman–Crippen LogP) is -2.02. The third-order valence-electron chi connectivity index (χ3n) is 4.87. The highest BCUT2D eigenvalue weighted by molar-refractivity contribution is 5.96. The number of unbranched alkanes of at least 4 members (excludes halogenated alkanes) is 1. The Morgan fingerprint density at radius 1 is 1.13 bits per heavy atom. The van der Waals surface area contributed by atoms with E-state index in [9.17, 15) is 24.0 Å². The molecule has 0 aromatic rings. The van der Waals surface area contributed by atoms with Crippen LogP contribution in [0.3, 0.4) is 0 Å². The summed E-state index contributed by atoms with van der Waals surface area (Å²) in [6.45, 7) is 1.93. The number of carbonyl (C=O) groups is 5. The van der Waals surface area contributed by atoms with E-state index in [2.05, 4.69) is 10.6 Å². The standard InChI is InChI=1S/C18H31N5O7/c1-10(18(29)30)21-16(27)13-6-4-8-23(13)17(28)12(9-14(24)25)22-15(26)11(20)5-2-3-7-19/h10-13H,2-9,19-20H2,1H3,(H,21,27)(H,22,26)(H,24,25)(H,29,30). The van der Waals surface area contributed by atoms with E-state index < -0.39 is 60.2 Å². The van der Waals surface area contributed by atoms with Gasteiger partial charge in [-0.3, -0.25) is 24.0 Å². The molecule has 1 aliphatic rings. The summed E-state index contributed by atoms with van der Waals surface area (Å²) < 4.78 is 0. The second-order valence-corrected chi connectivity index (χ2v) is 7.31. The van der Waals surface area contributed by atoms with Crippen LogP contribution in [0.5, 0.6) is 0 Å². The normalized spacial score (nSPS) is 18.9. The number of carboxylic acid groups (broad SMARTS) is 2. The maximum atomic E-state index is 12.9. The molecule has 0 aromatic heterocycles. The Morgan fingerprint density at radius 2 is 1.80 bits per heavy atom. The third-order valence-corrected chi connectivity index (χ3v) is 4.87. The highest BCUT2D eigenvalue weighted by atomic mass is 16.4. The smallest absolute Gasteiger partial charge is 0.325 e. The van der Waals surface area contributed by atoms with E-state index in [1.165, 1.54) is 11.8 Å². The monoisotopic (exact) mass is 429 g/mol. The molecule has 1 aliphatic heterocycles. The number of likely N-dealkylation sites (tertiary alicyclic amines) is 1. The Kier molecular flexibility index (Phi) is 10.2. The molecule has 170 valence electrons. The van der Waals surface area contributed by atoms with Gasteiger partial charge in [0, 0.05) is 6.54 Å². The minimum atomic E-state index is -1.39. The molecule has 30 heavy (non-hydrogen) atoms. The number of nitrogens with zero attached hydrogens (tertiary/aromatic N) is 1. The third kappa shape index (κ3) is 7.59. The van der Waals surface area contributed by atoms with Crippen LogP contribution in [0.4, 0.5) is 0 Å². The second kappa shape index (κ2) is 12.1. The minimum absolute atomic E-state index is 0.187. The lowest BCUT2D eigenvalue weighted by atomic mass is 10.1. The Hall–Kier alpha value is -2.73. The van der Waals surface area contributed by atoms with E-state index in [-0.39, 0.29) is 6.54 Å². The number of nitrogens with two attached hydrogens (primary N) is 2. The quantitative estimate of drug-likeness (QED) is 0.189. The fourth-order valence-corrected chi connectivity index (χ4v) is 3.17. The lowest BCUT2D eigenvalue weighted by Crippen LogP contribution is -2.57. The molecule has 1 heterocycles. The van der Waals surface area contributed by atoms with Crippen LogP contribution < -0.4 is 22.1 Å². The first-order valence-electron chi connectivity index (χ1n) is 9.90. The molecule has 0 saturated carbocycles. The Labute approximate surface area is 174 Å². The first-order chi connectivity index (χ1) is 14.1. The summed E-state index contributed by atoms with van der Waals surface area (Å²) in [5.41, 5.74) is 11.2. The predicted molar refractivity (Wildman–Crippen MR) is 105 cm³/mol. The Morgan fingerprint density at radius 3 is 2.37 bits per heavy atom. The van der Waals surface area contributed by atoms with Crippen molar-refractivity contribution in [3.63, 3.8) is 0 Å². The molecule has 3 amide bonds. The summed E-state index contributed by atoms with van der Waals surface area (Å²) in [6, 6.07) is -4.39. The minimum Gasteiger partial charge on any atom is -0.481 e. The van der Waals surface area contributed by atoms with Gasteiger partial charge in [0.2, 0.25) is 17.7 Å². The van der Waals surface area contributed by atoms with Crippen molar-refractivity contribution in [3.8, 4) is 0 Å². The number of hydrogen-bond acceptors (Lipinski definition) is 7. The van der Waals surface area contributed by atoms with Crippen LogP contribution in [-0.2, 0) is 24.0 Å². The van der Waals surface area contributed by atoms with Crippen LogP contribution in [0.2, 0.25) is 0 Å². The number of hydrogen-bond donors (Lipinski definition) is 6. The molecule has 4 unspecified atom stereocenters. The van der Waals surface area contributed by atoms with Crippen molar-refractivity contribution in [3.05, 3.63) is 0 Å². The molecule has 1 fully saturated rings. The largest absolute Gasteiger partial charge is 0.481 e. The maximum Gasteiger partial charge on any atom is 0.325 e. The zero-order chi connectivity index (χ0) is 22.8. The van der Waals surface area contributed by atoms with Crippen LogP contribution in [0.1, 0.15) is 45.4 Å². The topological polar surface area (TPSA) is 205 Å². The van der Waals surface area contributed by atoms with Crippen molar-refractivity contribution in [1.29, 1.82) is 0 Å². The SMILES string of the molecule is CC(NC(=O)C1CCCN1C(=O)C(CC(=O)O)NC(=O)C(N)CCCCN)C(=O)O.